The second kappa shape index (κ2) is 8.91. The second-order valence-corrected chi connectivity index (χ2v) is 9.21. The smallest absolute Gasteiger partial charge is 0.220 e. The summed E-state index contributed by atoms with van der Waals surface area (Å²) in [6.07, 6.45) is 2.32. The zero-order valence-electron chi connectivity index (χ0n) is 18.4. The number of fused-ring (bicyclic) bond motifs is 1. The number of oxazole rings is 1. The summed E-state index contributed by atoms with van der Waals surface area (Å²) in [7, 11) is 0. The largest absolute Gasteiger partial charge is 0.443 e. The molecule has 2 N–H and O–H groups in total. The normalized spacial score (nSPS) is 21.8. The van der Waals surface area contributed by atoms with Crippen LogP contribution in [0.5, 0.6) is 0 Å². The van der Waals surface area contributed by atoms with E-state index in [1.165, 1.54) is 12.0 Å². The number of aromatic nitrogens is 1. The third-order valence-corrected chi connectivity index (χ3v) is 7.23. The van der Waals surface area contributed by atoms with E-state index >= 15 is 0 Å². The fourth-order valence-corrected chi connectivity index (χ4v) is 5.40. The molecule has 4 unspecified atom stereocenters. The summed E-state index contributed by atoms with van der Waals surface area (Å²) in [5, 5.41) is 0.698. The predicted molar refractivity (Wildman–Crippen MR) is 131 cm³/mol. The molecule has 1 saturated heterocycles. The lowest BCUT2D eigenvalue weighted by Crippen LogP contribution is -2.46. The fraction of sp³-hybridized carbons (Fsp3) is 0.259. The molecule has 1 aliphatic rings. The Bertz CT molecular complexity index is 1260. The monoisotopic (exact) mass is 459 g/mol. The molecule has 0 aliphatic carbocycles. The lowest BCUT2D eigenvalue weighted by atomic mass is 9.68. The van der Waals surface area contributed by atoms with Gasteiger partial charge in [0.2, 0.25) is 5.91 Å². The highest BCUT2D eigenvalue weighted by Crippen LogP contribution is 2.50. The summed E-state index contributed by atoms with van der Waals surface area (Å²) >= 11 is 6.24. The first kappa shape index (κ1) is 21.5. The third kappa shape index (κ3) is 4.09. The number of rotatable bonds is 5. The molecule has 168 valence electrons. The number of hydrogen-bond donors (Lipinski definition) is 1. The van der Waals surface area contributed by atoms with Crippen molar-refractivity contribution in [3.63, 3.8) is 0 Å². The Labute approximate surface area is 198 Å². The van der Waals surface area contributed by atoms with Crippen LogP contribution in [-0.2, 0) is 4.79 Å². The van der Waals surface area contributed by atoms with Gasteiger partial charge < -0.3 is 15.1 Å². The minimum absolute atomic E-state index is 0.00503. The van der Waals surface area contributed by atoms with Crippen molar-refractivity contribution in [2.24, 2.45) is 17.6 Å². The van der Waals surface area contributed by atoms with Crippen LogP contribution in [0, 0.1) is 11.8 Å². The van der Waals surface area contributed by atoms with Crippen LogP contribution in [0.4, 0.5) is 5.69 Å². The van der Waals surface area contributed by atoms with Crippen LogP contribution in [-0.4, -0.2) is 17.4 Å². The van der Waals surface area contributed by atoms with Gasteiger partial charge in [0.15, 0.2) is 12.0 Å². The minimum atomic E-state index is -0.256. The SMILES string of the molecule is CC(C(N)=O)C1CCN(c2ccc3ocnc3c2)C(c2ccc(Cl)cc2)C1c1ccccc1. The van der Waals surface area contributed by atoms with Crippen LogP contribution in [0.1, 0.15) is 36.4 Å². The van der Waals surface area contributed by atoms with Gasteiger partial charge in [0.25, 0.3) is 0 Å². The Kier molecular flexibility index (Phi) is 5.81. The standard InChI is InChI=1S/C27H26ClN3O2/c1-17(27(29)32)22-13-14-31(21-11-12-24-23(15-21)30-16-33-24)26(19-7-9-20(28)10-8-19)25(22)18-5-3-2-4-6-18/h2-12,15-17,22,25-26H,13-14H2,1H3,(H2,29,32). The van der Waals surface area contributed by atoms with E-state index in [-0.39, 0.29) is 29.7 Å². The molecular weight excluding hydrogens is 434 g/mol. The number of piperidine rings is 1. The van der Waals surface area contributed by atoms with Crippen LogP contribution < -0.4 is 10.6 Å². The average molecular weight is 460 g/mol. The molecule has 5 rings (SSSR count). The second-order valence-electron chi connectivity index (χ2n) is 8.77. The van der Waals surface area contributed by atoms with E-state index < -0.39 is 0 Å². The molecule has 2 heterocycles. The fourth-order valence-electron chi connectivity index (χ4n) is 5.27. The number of amides is 1. The van der Waals surface area contributed by atoms with Crippen molar-refractivity contribution >= 4 is 34.3 Å². The van der Waals surface area contributed by atoms with Crippen molar-refractivity contribution in [2.75, 3.05) is 11.4 Å². The lowest BCUT2D eigenvalue weighted by Gasteiger charge is -2.48. The summed E-state index contributed by atoms with van der Waals surface area (Å²) in [6.45, 7) is 2.75. The molecule has 5 nitrogen and oxygen atoms in total. The van der Waals surface area contributed by atoms with Crippen LogP contribution in [0.2, 0.25) is 5.02 Å². The zero-order chi connectivity index (χ0) is 22.9. The highest BCUT2D eigenvalue weighted by molar-refractivity contribution is 6.30. The van der Waals surface area contributed by atoms with Crippen LogP contribution in [0.15, 0.2) is 83.6 Å². The number of halogens is 1. The van der Waals surface area contributed by atoms with Gasteiger partial charge in [0.1, 0.15) is 5.52 Å². The number of nitrogens with zero attached hydrogens (tertiary/aromatic N) is 2. The molecule has 33 heavy (non-hydrogen) atoms. The van der Waals surface area contributed by atoms with Gasteiger partial charge in [-0.05, 0) is 53.8 Å². The maximum absolute atomic E-state index is 12.3. The number of carbonyl (C=O) groups excluding carboxylic acids is 1. The predicted octanol–water partition coefficient (Wildman–Crippen LogP) is 5.95. The van der Waals surface area contributed by atoms with E-state index in [1.807, 2.05) is 31.2 Å². The number of nitrogens with two attached hydrogens (primary N) is 1. The van der Waals surface area contributed by atoms with Crippen LogP contribution >= 0.6 is 11.6 Å². The van der Waals surface area contributed by atoms with Gasteiger partial charge in [-0.3, -0.25) is 4.79 Å². The number of hydrogen-bond acceptors (Lipinski definition) is 4. The van der Waals surface area contributed by atoms with Gasteiger partial charge in [-0.25, -0.2) is 4.98 Å². The molecule has 4 aromatic rings. The Morgan fingerprint density at radius 3 is 2.58 bits per heavy atom. The minimum Gasteiger partial charge on any atom is -0.443 e. The van der Waals surface area contributed by atoms with E-state index in [1.54, 1.807) is 0 Å². The van der Waals surface area contributed by atoms with Crippen LogP contribution in [0.3, 0.4) is 0 Å². The van der Waals surface area contributed by atoms with Crippen LogP contribution in [0.25, 0.3) is 11.1 Å². The van der Waals surface area contributed by atoms with Gasteiger partial charge in [-0.15, -0.1) is 0 Å². The van der Waals surface area contributed by atoms with E-state index in [0.29, 0.717) is 5.02 Å². The summed E-state index contributed by atoms with van der Waals surface area (Å²) in [5.74, 6) is -0.326. The Morgan fingerprint density at radius 2 is 1.85 bits per heavy atom. The summed E-state index contributed by atoms with van der Waals surface area (Å²) < 4.78 is 5.45. The van der Waals surface area contributed by atoms with Crippen molar-refractivity contribution in [3.8, 4) is 0 Å². The third-order valence-electron chi connectivity index (χ3n) is 6.97. The summed E-state index contributed by atoms with van der Waals surface area (Å²) in [4.78, 5) is 19.1. The van der Waals surface area contributed by atoms with Gasteiger partial charge in [-0.2, -0.15) is 0 Å². The van der Waals surface area contributed by atoms with Crippen molar-refractivity contribution in [1.82, 2.24) is 4.98 Å². The number of anilines is 1. The lowest BCUT2D eigenvalue weighted by molar-refractivity contribution is -0.123. The van der Waals surface area contributed by atoms with Crippen molar-refractivity contribution in [2.45, 2.75) is 25.3 Å². The first-order valence-electron chi connectivity index (χ1n) is 11.2. The molecule has 0 saturated carbocycles. The van der Waals surface area contributed by atoms with E-state index in [2.05, 4.69) is 58.4 Å². The first-order valence-corrected chi connectivity index (χ1v) is 11.6. The van der Waals surface area contributed by atoms with Gasteiger partial charge in [0.05, 0.1) is 6.04 Å². The molecule has 4 atom stereocenters. The average Bonchev–Trinajstić information content (AvgIpc) is 3.32. The van der Waals surface area contributed by atoms with E-state index in [0.717, 1.165) is 35.3 Å². The molecule has 1 fully saturated rings. The molecule has 1 aliphatic heterocycles. The number of carbonyl (C=O) groups is 1. The van der Waals surface area contributed by atoms with Crippen molar-refractivity contribution < 1.29 is 9.21 Å². The molecule has 1 aromatic heterocycles. The quantitative estimate of drug-likeness (QED) is 0.400. The Hall–Kier alpha value is -3.31. The Morgan fingerprint density at radius 1 is 1.09 bits per heavy atom. The van der Waals surface area contributed by atoms with E-state index in [4.69, 9.17) is 21.8 Å². The van der Waals surface area contributed by atoms with Crippen molar-refractivity contribution in [1.29, 1.82) is 0 Å². The number of benzene rings is 3. The molecule has 1 amide bonds. The molecular formula is C27H26ClN3O2. The van der Waals surface area contributed by atoms with Gasteiger partial charge in [-0.1, -0.05) is 61.0 Å². The molecule has 0 spiro atoms. The first-order chi connectivity index (χ1) is 16.0. The molecule has 6 heteroatoms. The van der Waals surface area contributed by atoms with E-state index in [9.17, 15) is 4.79 Å². The van der Waals surface area contributed by atoms with Gasteiger partial charge in [0, 0.05) is 29.1 Å². The topological polar surface area (TPSA) is 72.4 Å². The molecule has 3 aromatic carbocycles. The highest BCUT2D eigenvalue weighted by atomic mass is 35.5. The summed E-state index contributed by atoms with van der Waals surface area (Å²) in [5.41, 5.74) is 10.8. The maximum atomic E-state index is 12.3. The van der Waals surface area contributed by atoms with Crippen molar-refractivity contribution in [3.05, 3.63) is 95.3 Å². The Balaban J connectivity index is 1.67. The molecule has 0 bridgehead atoms. The van der Waals surface area contributed by atoms with Gasteiger partial charge >= 0.3 is 0 Å². The number of primary amides is 1. The summed E-state index contributed by atoms with van der Waals surface area (Å²) in [6, 6.07) is 24.6. The highest BCUT2D eigenvalue weighted by Gasteiger charge is 2.43. The zero-order valence-corrected chi connectivity index (χ0v) is 19.2. The maximum Gasteiger partial charge on any atom is 0.220 e. The molecule has 0 radical (unpaired) electrons.